The average Bonchev–Trinajstić information content (AvgIpc) is 2.20. The molecule has 1 unspecified atom stereocenters. The maximum Gasteiger partial charge on any atom is 0.414 e. The van der Waals surface area contributed by atoms with Crippen molar-refractivity contribution in [1.29, 1.82) is 0 Å². The highest BCUT2D eigenvalue weighted by Gasteiger charge is 2.04. The molecule has 4 N–H and O–H groups in total. The van der Waals surface area contributed by atoms with Gasteiger partial charge in [0, 0.05) is 18.4 Å². The first-order valence-corrected chi connectivity index (χ1v) is 4.07. The lowest BCUT2D eigenvalue weighted by Crippen LogP contribution is -2.09. The zero-order valence-corrected chi connectivity index (χ0v) is 8.12. The number of hydrogen-bond acceptors (Lipinski definition) is 4. The van der Waals surface area contributed by atoms with E-state index in [1.54, 1.807) is 12.4 Å². The molecule has 15 heavy (non-hydrogen) atoms. The molecule has 1 aromatic heterocycles. The normalized spacial score (nSPS) is 10.8. The number of pyridine rings is 1. The molecule has 0 saturated carbocycles. The number of carbonyl (C=O) groups is 2. The van der Waals surface area contributed by atoms with E-state index in [1.807, 2.05) is 19.1 Å². The van der Waals surface area contributed by atoms with Crippen LogP contribution in [0.25, 0.3) is 0 Å². The van der Waals surface area contributed by atoms with Crippen LogP contribution in [0.2, 0.25) is 0 Å². The fourth-order valence-corrected chi connectivity index (χ4v) is 0.667. The summed E-state index contributed by atoms with van der Waals surface area (Å²) in [4.78, 5) is 22.1. The molecule has 0 aliphatic heterocycles. The molecule has 0 aliphatic carbocycles. The predicted molar refractivity (Wildman–Crippen MR) is 52.1 cm³/mol. The number of hydrogen-bond donors (Lipinski definition) is 3. The van der Waals surface area contributed by atoms with Gasteiger partial charge in [-0.25, -0.2) is 9.59 Å². The predicted octanol–water partition coefficient (Wildman–Crippen LogP) is 0.257. The van der Waals surface area contributed by atoms with Crippen molar-refractivity contribution in [2.24, 2.45) is 5.73 Å². The number of carboxylic acids is 2. The smallest absolute Gasteiger partial charge is 0.414 e. The third kappa shape index (κ3) is 6.17. The molecule has 0 saturated heterocycles. The monoisotopic (exact) mass is 212 g/mol. The zero-order valence-electron chi connectivity index (χ0n) is 8.12. The molecule has 0 bridgehead atoms. The van der Waals surface area contributed by atoms with Crippen molar-refractivity contribution in [1.82, 2.24) is 4.98 Å². The molecule has 6 nitrogen and oxygen atoms in total. The third-order valence-electron chi connectivity index (χ3n) is 1.41. The molecule has 0 fully saturated rings. The van der Waals surface area contributed by atoms with Crippen LogP contribution >= 0.6 is 0 Å². The van der Waals surface area contributed by atoms with Gasteiger partial charge >= 0.3 is 11.9 Å². The van der Waals surface area contributed by atoms with Crippen LogP contribution in [0.15, 0.2) is 24.5 Å². The molecule has 1 atom stereocenters. The minimum absolute atomic E-state index is 0.119. The van der Waals surface area contributed by atoms with E-state index in [-0.39, 0.29) is 6.04 Å². The van der Waals surface area contributed by atoms with Crippen molar-refractivity contribution in [3.63, 3.8) is 0 Å². The Bertz CT molecular complexity index is 312. The number of nitrogens with two attached hydrogens (primary N) is 1. The van der Waals surface area contributed by atoms with Gasteiger partial charge in [-0.2, -0.15) is 0 Å². The summed E-state index contributed by atoms with van der Waals surface area (Å²) >= 11 is 0. The van der Waals surface area contributed by atoms with E-state index in [0.29, 0.717) is 0 Å². The maximum absolute atomic E-state index is 9.10. The summed E-state index contributed by atoms with van der Waals surface area (Å²) in [5.74, 6) is -3.65. The highest BCUT2D eigenvalue weighted by atomic mass is 16.4. The topological polar surface area (TPSA) is 114 Å². The second kappa shape index (κ2) is 6.50. The van der Waals surface area contributed by atoms with E-state index in [9.17, 15) is 0 Å². The van der Waals surface area contributed by atoms with Crippen molar-refractivity contribution in [3.8, 4) is 0 Å². The van der Waals surface area contributed by atoms with Gasteiger partial charge in [0.15, 0.2) is 0 Å². The molecule has 6 heteroatoms. The van der Waals surface area contributed by atoms with Crippen LogP contribution in [0.5, 0.6) is 0 Å². The van der Waals surface area contributed by atoms with E-state index in [2.05, 4.69) is 4.98 Å². The van der Waals surface area contributed by atoms with Gasteiger partial charge in [0.05, 0.1) is 0 Å². The maximum atomic E-state index is 9.10. The highest BCUT2D eigenvalue weighted by Crippen LogP contribution is 2.05. The molecule has 0 aliphatic rings. The van der Waals surface area contributed by atoms with Gasteiger partial charge in [0.2, 0.25) is 0 Å². The Kier molecular flexibility index (Phi) is 5.65. The van der Waals surface area contributed by atoms with E-state index < -0.39 is 11.9 Å². The van der Waals surface area contributed by atoms with E-state index in [4.69, 9.17) is 25.5 Å². The SMILES string of the molecule is CC(N)c1ccncc1.O=C(O)C(=O)O. The molecule has 0 radical (unpaired) electrons. The summed E-state index contributed by atoms with van der Waals surface area (Å²) in [5, 5.41) is 14.8. The lowest BCUT2D eigenvalue weighted by atomic mass is 10.1. The van der Waals surface area contributed by atoms with E-state index in [1.165, 1.54) is 0 Å². The Morgan fingerprint density at radius 2 is 1.67 bits per heavy atom. The Hall–Kier alpha value is -1.95. The minimum Gasteiger partial charge on any atom is -0.473 e. The fourth-order valence-electron chi connectivity index (χ4n) is 0.667. The molecular weight excluding hydrogens is 200 g/mol. The van der Waals surface area contributed by atoms with Crippen LogP contribution in [-0.4, -0.2) is 27.1 Å². The first-order valence-electron chi connectivity index (χ1n) is 4.07. The van der Waals surface area contributed by atoms with Crippen molar-refractivity contribution in [2.75, 3.05) is 0 Å². The van der Waals surface area contributed by atoms with Crippen molar-refractivity contribution in [2.45, 2.75) is 13.0 Å². The number of nitrogens with zero attached hydrogens (tertiary/aromatic N) is 1. The number of rotatable bonds is 1. The van der Waals surface area contributed by atoms with Gasteiger partial charge in [-0.15, -0.1) is 0 Å². The van der Waals surface area contributed by atoms with Crippen LogP contribution in [0.4, 0.5) is 0 Å². The van der Waals surface area contributed by atoms with Gasteiger partial charge in [-0.05, 0) is 24.6 Å². The summed E-state index contributed by atoms with van der Waals surface area (Å²) in [6.45, 7) is 1.95. The largest absolute Gasteiger partial charge is 0.473 e. The minimum atomic E-state index is -1.82. The summed E-state index contributed by atoms with van der Waals surface area (Å²) in [6.07, 6.45) is 3.50. The van der Waals surface area contributed by atoms with Crippen LogP contribution in [-0.2, 0) is 9.59 Å². The van der Waals surface area contributed by atoms with Crippen molar-refractivity contribution >= 4 is 11.9 Å². The molecule has 0 spiro atoms. The van der Waals surface area contributed by atoms with Crippen molar-refractivity contribution in [3.05, 3.63) is 30.1 Å². The Morgan fingerprint density at radius 1 is 1.27 bits per heavy atom. The van der Waals surface area contributed by atoms with E-state index >= 15 is 0 Å². The van der Waals surface area contributed by atoms with Gasteiger partial charge in [-0.3, -0.25) is 4.98 Å². The van der Waals surface area contributed by atoms with Crippen LogP contribution in [0.3, 0.4) is 0 Å². The Morgan fingerprint density at radius 3 is 1.87 bits per heavy atom. The van der Waals surface area contributed by atoms with Gasteiger partial charge < -0.3 is 15.9 Å². The molecule has 1 heterocycles. The quantitative estimate of drug-likeness (QED) is 0.575. The molecule has 0 aromatic carbocycles. The molecule has 1 aromatic rings. The molecule has 0 amide bonds. The summed E-state index contributed by atoms with van der Waals surface area (Å²) in [5.41, 5.74) is 6.72. The van der Waals surface area contributed by atoms with Crippen LogP contribution in [0, 0.1) is 0 Å². The van der Waals surface area contributed by atoms with E-state index in [0.717, 1.165) is 5.56 Å². The summed E-state index contributed by atoms with van der Waals surface area (Å²) in [6, 6.07) is 3.96. The average molecular weight is 212 g/mol. The standard InChI is InChI=1S/C7H10N2.C2H2O4/c1-6(8)7-2-4-9-5-3-7;3-1(4)2(5)6/h2-6H,8H2,1H3;(H,3,4)(H,5,6). The van der Waals surface area contributed by atoms with Crippen molar-refractivity contribution < 1.29 is 19.8 Å². The van der Waals surface area contributed by atoms with Crippen LogP contribution < -0.4 is 5.73 Å². The summed E-state index contributed by atoms with van der Waals surface area (Å²) < 4.78 is 0. The molecule has 82 valence electrons. The fraction of sp³-hybridized carbons (Fsp3) is 0.222. The van der Waals surface area contributed by atoms with Gasteiger partial charge in [0.1, 0.15) is 0 Å². The molecule has 1 rings (SSSR count). The first kappa shape index (κ1) is 13.1. The summed E-state index contributed by atoms with van der Waals surface area (Å²) in [7, 11) is 0. The van der Waals surface area contributed by atoms with Gasteiger partial charge in [-0.1, -0.05) is 0 Å². The second-order valence-corrected chi connectivity index (χ2v) is 2.68. The first-order chi connectivity index (χ1) is 6.95. The van der Waals surface area contributed by atoms with Crippen LogP contribution in [0.1, 0.15) is 18.5 Å². The lowest BCUT2D eigenvalue weighted by molar-refractivity contribution is -0.159. The third-order valence-corrected chi connectivity index (χ3v) is 1.41. The number of aromatic nitrogens is 1. The number of carboxylic acid groups (broad SMARTS) is 2. The highest BCUT2D eigenvalue weighted by molar-refractivity contribution is 6.27. The molecular formula is C9H12N2O4. The Balaban J connectivity index is 0.000000288. The second-order valence-electron chi connectivity index (χ2n) is 2.68. The Labute approximate surface area is 86.4 Å². The van der Waals surface area contributed by atoms with Gasteiger partial charge in [0.25, 0.3) is 0 Å². The lowest BCUT2D eigenvalue weighted by Gasteiger charge is -2.01. The zero-order chi connectivity index (χ0) is 11.8. The number of aliphatic carboxylic acids is 2.